The molecule has 0 atom stereocenters. The van der Waals surface area contributed by atoms with Gasteiger partial charge in [0.1, 0.15) is 17.3 Å². The number of nitrogen functional groups attached to an aromatic ring is 1. The van der Waals surface area contributed by atoms with Gasteiger partial charge in [0.05, 0.1) is 5.56 Å². The molecule has 0 bridgehead atoms. The normalized spacial score (nSPS) is 11.2. The molecule has 0 aliphatic rings. The first-order valence-corrected chi connectivity index (χ1v) is 8.59. The van der Waals surface area contributed by atoms with Crippen molar-refractivity contribution in [3.05, 3.63) is 71.4 Å². The average molecular weight is 439 g/mol. The third-order valence-corrected chi connectivity index (χ3v) is 3.90. The second kappa shape index (κ2) is 8.46. The number of anilines is 2. The van der Waals surface area contributed by atoms with E-state index in [2.05, 4.69) is 15.0 Å². The standard InChI is InChI=1S/C20H14F5N3O3/c1-10-8-14(18(26)28-17(10)22)19(29)27-11-2-4-12(5-3-11)30-16-7-6-13(9-15(16)21)31-20(23,24)25/h2-9H,1H3,(H2,26,28)(H,27,29). The van der Waals surface area contributed by atoms with Gasteiger partial charge in [-0.3, -0.25) is 4.79 Å². The van der Waals surface area contributed by atoms with Crippen LogP contribution in [0.15, 0.2) is 48.5 Å². The Morgan fingerprint density at radius 3 is 2.29 bits per heavy atom. The van der Waals surface area contributed by atoms with Crippen LogP contribution in [-0.2, 0) is 0 Å². The summed E-state index contributed by atoms with van der Waals surface area (Å²) in [6, 6.07) is 9.36. The molecule has 0 unspecified atom stereocenters. The van der Waals surface area contributed by atoms with Gasteiger partial charge in [-0.05, 0) is 49.4 Å². The second-order valence-corrected chi connectivity index (χ2v) is 6.25. The average Bonchev–Trinajstić information content (AvgIpc) is 2.67. The fourth-order valence-corrected chi connectivity index (χ4v) is 2.48. The van der Waals surface area contributed by atoms with Gasteiger partial charge in [-0.15, -0.1) is 13.2 Å². The summed E-state index contributed by atoms with van der Waals surface area (Å²) >= 11 is 0. The molecule has 162 valence electrons. The van der Waals surface area contributed by atoms with Crippen molar-refractivity contribution in [2.45, 2.75) is 13.3 Å². The van der Waals surface area contributed by atoms with Crippen molar-refractivity contribution >= 4 is 17.4 Å². The van der Waals surface area contributed by atoms with Crippen LogP contribution >= 0.6 is 0 Å². The number of benzene rings is 2. The number of nitrogens with two attached hydrogens (primary N) is 1. The summed E-state index contributed by atoms with van der Waals surface area (Å²) in [5.74, 6) is -3.62. The zero-order valence-electron chi connectivity index (χ0n) is 15.8. The van der Waals surface area contributed by atoms with Crippen LogP contribution in [0.1, 0.15) is 15.9 Å². The number of ether oxygens (including phenoxy) is 2. The summed E-state index contributed by atoms with van der Waals surface area (Å²) in [7, 11) is 0. The van der Waals surface area contributed by atoms with Crippen molar-refractivity contribution < 1.29 is 36.2 Å². The predicted octanol–water partition coefficient (Wildman–Crippen LogP) is 5.19. The molecule has 6 nitrogen and oxygen atoms in total. The first-order valence-electron chi connectivity index (χ1n) is 8.59. The fourth-order valence-electron chi connectivity index (χ4n) is 2.48. The minimum absolute atomic E-state index is 0.0116. The number of rotatable bonds is 5. The van der Waals surface area contributed by atoms with Gasteiger partial charge < -0.3 is 20.5 Å². The van der Waals surface area contributed by atoms with Crippen LogP contribution in [0.25, 0.3) is 0 Å². The number of pyridine rings is 1. The van der Waals surface area contributed by atoms with Crippen LogP contribution in [0.5, 0.6) is 17.2 Å². The highest BCUT2D eigenvalue weighted by Gasteiger charge is 2.31. The number of aromatic nitrogens is 1. The lowest BCUT2D eigenvalue weighted by Gasteiger charge is -2.12. The van der Waals surface area contributed by atoms with Crippen molar-refractivity contribution in [1.29, 1.82) is 0 Å². The number of nitrogens with zero attached hydrogens (tertiary/aromatic N) is 1. The van der Waals surface area contributed by atoms with E-state index in [-0.39, 0.29) is 28.4 Å². The minimum atomic E-state index is -4.94. The van der Waals surface area contributed by atoms with Crippen LogP contribution in [0, 0.1) is 18.7 Å². The molecule has 3 aromatic rings. The zero-order valence-corrected chi connectivity index (χ0v) is 15.8. The van der Waals surface area contributed by atoms with Gasteiger partial charge in [-0.2, -0.15) is 4.39 Å². The Bertz CT molecular complexity index is 1120. The Morgan fingerprint density at radius 2 is 1.68 bits per heavy atom. The van der Waals surface area contributed by atoms with E-state index < -0.39 is 29.8 Å². The molecule has 0 saturated carbocycles. The lowest BCUT2D eigenvalue weighted by atomic mass is 10.1. The summed E-state index contributed by atoms with van der Waals surface area (Å²) in [4.78, 5) is 15.8. The summed E-state index contributed by atoms with van der Waals surface area (Å²) in [6.07, 6.45) is -4.94. The zero-order chi connectivity index (χ0) is 22.8. The predicted molar refractivity (Wildman–Crippen MR) is 101 cm³/mol. The summed E-state index contributed by atoms with van der Waals surface area (Å²) in [5, 5.41) is 2.54. The second-order valence-electron chi connectivity index (χ2n) is 6.25. The van der Waals surface area contributed by atoms with Gasteiger partial charge in [-0.1, -0.05) is 0 Å². The minimum Gasteiger partial charge on any atom is -0.454 e. The largest absolute Gasteiger partial charge is 0.573 e. The summed E-state index contributed by atoms with van der Waals surface area (Å²) in [6.45, 7) is 1.44. The smallest absolute Gasteiger partial charge is 0.454 e. The lowest BCUT2D eigenvalue weighted by molar-refractivity contribution is -0.274. The van der Waals surface area contributed by atoms with Crippen molar-refractivity contribution in [2.75, 3.05) is 11.1 Å². The monoisotopic (exact) mass is 439 g/mol. The van der Waals surface area contributed by atoms with E-state index in [0.29, 0.717) is 11.8 Å². The van der Waals surface area contributed by atoms with Crippen molar-refractivity contribution in [3.63, 3.8) is 0 Å². The van der Waals surface area contributed by atoms with Gasteiger partial charge in [0.15, 0.2) is 11.6 Å². The van der Waals surface area contributed by atoms with E-state index in [9.17, 15) is 26.7 Å². The van der Waals surface area contributed by atoms with Crippen molar-refractivity contribution in [3.8, 4) is 17.2 Å². The maximum absolute atomic E-state index is 14.0. The Kier molecular flexibility index (Phi) is 5.95. The quantitative estimate of drug-likeness (QED) is 0.422. The maximum Gasteiger partial charge on any atom is 0.573 e. The Labute approximate surface area is 172 Å². The van der Waals surface area contributed by atoms with E-state index in [0.717, 1.165) is 12.1 Å². The lowest BCUT2D eigenvalue weighted by Crippen LogP contribution is -2.17. The van der Waals surface area contributed by atoms with E-state index in [4.69, 9.17) is 10.5 Å². The van der Waals surface area contributed by atoms with Crippen LogP contribution < -0.4 is 20.5 Å². The van der Waals surface area contributed by atoms with E-state index >= 15 is 0 Å². The first-order chi connectivity index (χ1) is 14.5. The molecule has 1 amide bonds. The molecular formula is C20H14F5N3O3. The Balaban J connectivity index is 1.68. The maximum atomic E-state index is 14.0. The molecule has 1 heterocycles. The SMILES string of the molecule is Cc1cc(C(=O)Nc2ccc(Oc3ccc(OC(F)(F)F)cc3F)cc2)c(N)nc1F. The molecule has 0 fully saturated rings. The highest BCUT2D eigenvalue weighted by atomic mass is 19.4. The molecule has 1 aromatic heterocycles. The molecule has 2 aromatic carbocycles. The molecule has 0 spiro atoms. The highest BCUT2D eigenvalue weighted by molar-refractivity contribution is 6.07. The van der Waals surface area contributed by atoms with Gasteiger partial charge >= 0.3 is 6.36 Å². The molecule has 3 rings (SSSR count). The Hall–Kier alpha value is -3.89. The molecule has 0 aliphatic carbocycles. The molecule has 3 N–H and O–H groups in total. The number of hydrogen-bond acceptors (Lipinski definition) is 5. The number of carbonyl (C=O) groups excluding carboxylic acids is 1. The number of alkyl halides is 3. The van der Waals surface area contributed by atoms with Gasteiger partial charge in [-0.25, -0.2) is 9.37 Å². The summed E-state index contributed by atoms with van der Waals surface area (Å²) < 4.78 is 72.8. The number of aryl methyl sites for hydroxylation is 1. The van der Waals surface area contributed by atoms with Gasteiger partial charge in [0, 0.05) is 17.3 Å². The topological polar surface area (TPSA) is 86.5 Å². The van der Waals surface area contributed by atoms with Gasteiger partial charge in [0.25, 0.3) is 5.91 Å². The van der Waals surface area contributed by atoms with Crippen LogP contribution in [0.4, 0.5) is 33.5 Å². The molecule has 11 heteroatoms. The van der Waals surface area contributed by atoms with Gasteiger partial charge in [0.2, 0.25) is 5.95 Å². The molecule has 0 radical (unpaired) electrons. The number of hydrogen-bond donors (Lipinski definition) is 2. The van der Waals surface area contributed by atoms with Crippen LogP contribution in [0.3, 0.4) is 0 Å². The van der Waals surface area contributed by atoms with E-state index in [1.54, 1.807) is 0 Å². The third kappa shape index (κ3) is 5.59. The number of halogens is 5. The van der Waals surface area contributed by atoms with E-state index in [1.165, 1.54) is 37.3 Å². The van der Waals surface area contributed by atoms with Crippen molar-refractivity contribution in [2.24, 2.45) is 0 Å². The van der Waals surface area contributed by atoms with Crippen LogP contribution in [0.2, 0.25) is 0 Å². The number of amides is 1. The third-order valence-electron chi connectivity index (χ3n) is 3.90. The Morgan fingerprint density at radius 1 is 1.03 bits per heavy atom. The molecule has 31 heavy (non-hydrogen) atoms. The van der Waals surface area contributed by atoms with E-state index in [1.807, 2.05) is 0 Å². The first kappa shape index (κ1) is 21.8. The molecule has 0 aliphatic heterocycles. The fraction of sp³-hybridized carbons (Fsp3) is 0.100. The number of carbonyl (C=O) groups is 1. The highest BCUT2D eigenvalue weighted by Crippen LogP contribution is 2.30. The van der Waals surface area contributed by atoms with Crippen LogP contribution in [-0.4, -0.2) is 17.3 Å². The molecular weight excluding hydrogens is 425 g/mol. The molecule has 0 saturated heterocycles. The number of nitrogens with one attached hydrogen (secondary N) is 1. The summed E-state index contributed by atoms with van der Waals surface area (Å²) in [5.41, 5.74) is 6.04. The van der Waals surface area contributed by atoms with Crippen molar-refractivity contribution in [1.82, 2.24) is 4.98 Å².